The zero-order valence-corrected chi connectivity index (χ0v) is 11.9. The molecule has 0 saturated carbocycles. The van der Waals surface area contributed by atoms with Gasteiger partial charge in [0.15, 0.2) is 0 Å². The zero-order valence-electron chi connectivity index (χ0n) is 11.9. The van der Waals surface area contributed by atoms with Crippen molar-refractivity contribution in [3.63, 3.8) is 0 Å². The number of rotatable bonds is 3. The van der Waals surface area contributed by atoms with E-state index >= 15 is 0 Å². The van der Waals surface area contributed by atoms with Crippen LogP contribution in [0.4, 0.5) is 0 Å². The number of hydrogen-bond acceptors (Lipinski definition) is 3. The summed E-state index contributed by atoms with van der Waals surface area (Å²) in [5.41, 5.74) is 4.00. The minimum atomic E-state index is -0.0579. The van der Waals surface area contributed by atoms with Crippen molar-refractivity contribution in [2.45, 2.75) is 20.8 Å². The van der Waals surface area contributed by atoms with Gasteiger partial charge in [-0.05, 0) is 44.0 Å². The standard InChI is InChI=1S/C15H18N2O2/c1-9-6-10(2)14(13(7-9)19-5)15(18)12-8-11(3)16-17(12)4/h6-8H,1-5H3. The fraction of sp³-hybridized carbons (Fsp3) is 0.333. The molecular formula is C15H18N2O2. The van der Waals surface area contributed by atoms with Crippen LogP contribution >= 0.6 is 0 Å². The quantitative estimate of drug-likeness (QED) is 0.795. The van der Waals surface area contributed by atoms with Crippen LogP contribution in [0.2, 0.25) is 0 Å². The van der Waals surface area contributed by atoms with Gasteiger partial charge in [-0.1, -0.05) is 6.07 Å². The summed E-state index contributed by atoms with van der Waals surface area (Å²) < 4.78 is 6.95. The summed E-state index contributed by atoms with van der Waals surface area (Å²) in [4.78, 5) is 12.7. The van der Waals surface area contributed by atoms with Crippen LogP contribution < -0.4 is 4.74 Å². The third-order valence-electron chi connectivity index (χ3n) is 3.13. The third kappa shape index (κ3) is 2.38. The summed E-state index contributed by atoms with van der Waals surface area (Å²) in [5, 5.41) is 4.22. The van der Waals surface area contributed by atoms with Crippen molar-refractivity contribution >= 4 is 5.78 Å². The first-order valence-electron chi connectivity index (χ1n) is 6.14. The maximum atomic E-state index is 12.7. The molecule has 0 fully saturated rings. The number of ether oxygens (including phenoxy) is 1. The molecule has 19 heavy (non-hydrogen) atoms. The van der Waals surface area contributed by atoms with Gasteiger partial charge in [0.25, 0.3) is 0 Å². The Kier molecular flexibility index (Phi) is 3.42. The van der Waals surface area contributed by atoms with E-state index in [0.717, 1.165) is 16.8 Å². The number of aromatic nitrogens is 2. The van der Waals surface area contributed by atoms with E-state index in [1.54, 1.807) is 24.9 Å². The van der Waals surface area contributed by atoms with Gasteiger partial charge >= 0.3 is 0 Å². The van der Waals surface area contributed by atoms with Crippen molar-refractivity contribution in [1.82, 2.24) is 9.78 Å². The second-order valence-electron chi connectivity index (χ2n) is 4.78. The number of hydrogen-bond donors (Lipinski definition) is 0. The van der Waals surface area contributed by atoms with Crippen LogP contribution in [0, 0.1) is 20.8 Å². The first-order chi connectivity index (χ1) is 8.93. The van der Waals surface area contributed by atoms with Crippen LogP contribution in [0.25, 0.3) is 0 Å². The summed E-state index contributed by atoms with van der Waals surface area (Å²) in [7, 11) is 3.36. The predicted molar refractivity (Wildman–Crippen MR) is 73.8 cm³/mol. The highest BCUT2D eigenvalue weighted by Gasteiger charge is 2.20. The lowest BCUT2D eigenvalue weighted by Crippen LogP contribution is -2.11. The Morgan fingerprint density at radius 3 is 2.42 bits per heavy atom. The lowest BCUT2D eigenvalue weighted by Gasteiger charge is -2.12. The van der Waals surface area contributed by atoms with Crippen LogP contribution in [-0.2, 0) is 7.05 Å². The van der Waals surface area contributed by atoms with E-state index in [1.807, 2.05) is 32.9 Å². The van der Waals surface area contributed by atoms with Crippen molar-refractivity contribution in [1.29, 1.82) is 0 Å². The molecule has 100 valence electrons. The molecule has 0 atom stereocenters. The summed E-state index contributed by atoms with van der Waals surface area (Å²) in [5.74, 6) is 0.554. The molecule has 4 heteroatoms. The first kappa shape index (κ1) is 13.3. The van der Waals surface area contributed by atoms with Gasteiger partial charge in [-0.2, -0.15) is 5.10 Å². The molecule has 0 aliphatic carbocycles. The Morgan fingerprint density at radius 2 is 1.89 bits per heavy atom. The van der Waals surface area contributed by atoms with Crippen LogP contribution in [0.15, 0.2) is 18.2 Å². The molecule has 1 aromatic carbocycles. The second-order valence-corrected chi connectivity index (χ2v) is 4.78. The van der Waals surface area contributed by atoms with Gasteiger partial charge in [0.05, 0.1) is 18.4 Å². The van der Waals surface area contributed by atoms with Gasteiger partial charge in [0, 0.05) is 7.05 Å². The molecule has 2 aromatic rings. The second kappa shape index (κ2) is 4.88. The lowest BCUT2D eigenvalue weighted by molar-refractivity contribution is 0.102. The smallest absolute Gasteiger partial charge is 0.215 e. The number of benzene rings is 1. The molecule has 0 radical (unpaired) electrons. The van der Waals surface area contributed by atoms with Gasteiger partial charge in [0.2, 0.25) is 5.78 Å². The summed E-state index contributed by atoms with van der Waals surface area (Å²) in [6, 6.07) is 5.66. The minimum Gasteiger partial charge on any atom is -0.496 e. The fourth-order valence-electron chi connectivity index (χ4n) is 2.33. The molecule has 1 aromatic heterocycles. The molecule has 0 bridgehead atoms. The van der Waals surface area contributed by atoms with Crippen molar-refractivity contribution in [2.75, 3.05) is 7.11 Å². The average Bonchev–Trinajstić information content (AvgIpc) is 2.66. The summed E-state index contributed by atoms with van der Waals surface area (Å²) >= 11 is 0. The largest absolute Gasteiger partial charge is 0.496 e. The van der Waals surface area contributed by atoms with Crippen LogP contribution in [-0.4, -0.2) is 22.7 Å². The minimum absolute atomic E-state index is 0.0579. The highest BCUT2D eigenvalue weighted by Crippen LogP contribution is 2.26. The Balaban J connectivity index is 2.59. The highest BCUT2D eigenvalue weighted by atomic mass is 16.5. The maximum absolute atomic E-state index is 12.7. The van der Waals surface area contributed by atoms with Crippen LogP contribution in [0.5, 0.6) is 5.75 Å². The van der Waals surface area contributed by atoms with Gasteiger partial charge in [-0.3, -0.25) is 9.48 Å². The molecule has 0 unspecified atom stereocenters. The summed E-state index contributed by atoms with van der Waals surface area (Å²) in [6.07, 6.45) is 0. The Morgan fingerprint density at radius 1 is 1.21 bits per heavy atom. The SMILES string of the molecule is COc1cc(C)cc(C)c1C(=O)c1cc(C)nn1C. The van der Waals surface area contributed by atoms with Crippen molar-refractivity contribution in [3.8, 4) is 5.75 Å². The van der Waals surface area contributed by atoms with Crippen molar-refractivity contribution in [3.05, 3.63) is 46.3 Å². The number of methoxy groups -OCH3 is 1. The Hall–Kier alpha value is -2.10. The Labute approximate surface area is 113 Å². The number of nitrogens with zero attached hydrogens (tertiary/aromatic N) is 2. The predicted octanol–water partition coefficient (Wildman–Crippen LogP) is 2.58. The molecule has 1 heterocycles. The van der Waals surface area contributed by atoms with Gasteiger partial charge in [-0.15, -0.1) is 0 Å². The van der Waals surface area contributed by atoms with Crippen molar-refractivity contribution in [2.24, 2.45) is 7.05 Å². The van der Waals surface area contributed by atoms with E-state index in [-0.39, 0.29) is 5.78 Å². The van der Waals surface area contributed by atoms with Crippen molar-refractivity contribution < 1.29 is 9.53 Å². The fourth-order valence-corrected chi connectivity index (χ4v) is 2.33. The molecule has 0 aliphatic rings. The zero-order chi connectivity index (χ0) is 14.2. The summed E-state index contributed by atoms with van der Waals surface area (Å²) in [6.45, 7) is 5.78. The Bertz CT molecular complexity index is 642. The van der Waals surface area contributed by atoms with Gasteiger partial charge in [-0.25, -0.2) is 0 Å². The molecule has 4 nitrogen and oxygen atoms in total. The van der Waals surface area contributed by atoms with E-state index in [0.29, 0.717) is 17.0 Å². The molecule has 0 aliphatic heterocycles. The van der Waals surface area contributed by atoms with E-state index in [4.69, 9.17) is 4.74 Å². The number of ketones is 1. The van der Waals surface area contributed by atoms with Gasteiger partial charge in [0.1, 0.15) is 11.4 Å². The molecular weight excluding hydrogens is 240 g/mol. The molecule has 0 amide bonds. The van der Waals surface area contributed by atoms with Gasteiger partial charge < -0.3 is 4.74 Å². The van der Waals surface area contributed by atoms with Crippen LogP contribution in [0.3, 0.4) is 0 Å². The number of carbonyl (C=O) groups excluding carboxylic acids is 1. The maximum Gasteiger partial charge on any atom is 0.215 e. The number of aryl methyl sites for hydroxylation is 4. The molecule has 2 rings (SSSR count). The molecule has 0 saturated heterocycles. The van der Waals surface area contributed by atoms with E-state index < -0.39 is 0 Å². The normalized spacial score (nSPS) is 10.6. The van der Waals surface area contributed by atoms with Crippen LogP contribution in [0.1, 0.15) is 32.9 Å². The third-order valence-corrected chi connectivity index (χ3v) is 3.13. The topological polar surface area (TPSA) is 44.1 Å². The average molecular weight is 258 g/mol. The monoisotopic (exact) mass is 258 g/mol. The van der Waals surface area contributed by atoms with E-state index in [1.165, 1.54) is 0 Å². The van der Waals surface area contributed by atoms with E-state index in [2.05, 4.69) is 5.10 Å². The highest BCUT2D eigenvalue weighted by molar-refractivity contribution is 6.10. The molecule has 0 spiro atoms. The van der Waals surface area contributed by atoms with E-state index in [9.17, 15) is 4.79 Å². The molecule has 0 N–H and O–H groups in total. The number of carbonyl (C=O) groups is 1. The lowest BCUT2D eigenvalue weighted by atomic mass is 9.99. The first-order valence-corrected chi connectivity index (χ1v) is 6.14.